The van der Waals surface area contributed by atoms with Crippen LogP contribution in [0.25, 0.3) is 0 Å². The molecule has 1 aromatic heterocycles. The van der Waals surface area contributed by atoms with Crippen molar-refractivity contribution in [3.8, 4) is 0 Å². The van der Waals surface area contributed by atoms with Crippen molar-refractivity contribution in [2.45, 2.75) is 70.8 Å². The van der Waals surface area contributed by atoms with Crippen LogP contribution in [0.15, 0.2) is 34.9 Å². The number of halogens is 3. The summed E-state index contributed by atoms with van der Waals surface area (Å²) < 4.78 is 56.2. The lowest BCUT2D eigenvalue weighted by Crippen LogP contribution is -2.41. The van der Waals surface area contributed by atoms with Crippen LogP contribution in [-0.4, -0.2) is 35.6 Å². The molecule has 1 aliphatic heterocycles. The number of nitrogens with zero attached hydrogens (tertiary/aromatic N) is 1. The molecule has 0 atom stereocenters. The molecule has 1 aliphatic rings. The van der Waals surface area contributed by atoms with Crippen LogP contribution < -0.4 is 10.8 Å². The van der Waals surface area contributed by atoms with Gasteiger partial charge in [0.2, 0.25) is 5.91 Å². The summed E-state index contributed by atoms with van der Waals surface area (Å²) in [6, 6.07) is 8.30. The zero-order valence-electron chi connectivity index (χ0n) is 18.4. The number of rotatable bonds is 5. The maximum Gasteiger partial charge on any atom is 0.494 e. The van der Waals surface area contributed by atoms with Crippen molar-refractivity contribution in [1.82, 2.24) is 5.16 Å². The number of hydrogen-bond donors (Lipinski definition) is 1. The lowest BCUT2D eigenvalue weighted by Gasteiger charge is -2.32. The minimum atomic E-state index is -4.51. The molecule has 0 unspecified atom stereocenters. The lowest BCUT2D eigenvalue weighted by atomic mass is 9.79. The molecule has 168 valence electrons. The molecule has 0 saturated carbocycles. The molecule has 10 heteroatoms. The molecule has 31 heavy (non-hydrogen) atoms. The van der Waals surface area contributed by atoms with E-state index in [1.165, 1.54) is 0 Å². The first-order valence-corrected chi connectivity index (χ1v) is 9.91. The van der Waals surface area contributed by atoms with E-state index < -0.39 is 35.8 Å². The Morgan fingerprint density at radius 2 is 1.61 bits per heavy atom. The summed E-state index contributed by atoms with van der Waals surface area (Å²) >= 11 is 0. The molecule has 2 heterocycles. The predicted molar refractivity (Wildman–Crippen MR) is 110 cm³/mol. The van der Waals surface area contributed by atoms with Gasteiger partial charge >= 0.3 is 13.3 Å². The maximum absolute atomic E-state index is 13.1. The zero-order valence-corrected chi connectivity index (χ0v) is 18.4. The van der Waals surface area contributed by atoms with Gasteiger partial charge in [0.25, 0.3) is 0 Å². The average molecular weight is 438 g/mol. The third kappa shape index (κ3) is 4.64. The molecule has 6 nitrogen and oxygen atoms in total. The van der Waals surface area contributed by atoms with Crippen LogP contribution in [0, 0.1) is 0 Å². The fourth-order valence-electron chi connectivity index (χ4n) is 2.91. The third-order valence-electron chi connectivity index (χ3n) is 5.97. The molecule has 0 aliphatic carbocycles. The molecule has 0 spiro atoms. The van der Waals surface area contributed by atoms with E-state index in [4.69, 9.17) is 13.8 Å². The normalized spacial score (nSPS) is 18.3. The van der Waals surface area contributed by atoms with Crippen molar-refractivity contribution in [2.75, 3.05) is 5.32 Å². The van der Waals surface area contributed by atoms with Gasteiger partial charge in [0.1, 0.15) is 5.41 Å². The van der Waals surface area contributed by atoms with Gasteiger partial charge < -0.3 is 19.1 Å². The summed E-state index contributed by atoms with van der Waals surface area (Å²) in [6.07, 6.45) is -4.48. The summed E-state index contributed by atoms with van der Waals surface area (Å²) in [5.41, 5.74) is -1.57. The van der Waals surface area contributed by atoms with Gasteiger partial charge in [0.15, 0.2) is 11.6 Å². The summed E-state index contributed by atoms with van der Waals surface area (Å²) in [6.45, 7) is 9.85. The van der Waals surface area contributed by atoms with Gasteiger partial charge in [0, 0.05) is 6.07 Å². The Balaban J connectivity index is 1.61. The minimum absolute atomic E-state index is 0.0223. The second kappa shape index (κ2) is 7.67. The molecular formula is C21H26BF3N2O4. The second-order valence-corrected chi connectivity index (χ2v) is 9.25. The smallest absolute Gasteiger partial charge is 0.399 e. The van der Waals surface area contributed by atoms with Crippen LogP contribution in [0.1, 0.15) is 52.9 Å². The van der Waals surface area contributed by atoms with Gasteiger partial charge in [-0.1, -0.05) is 29.4 Å². The van der Waals surface area contributed by atoms with Crippen molar-refractivity contribution in [1.29, 1.82) is 0 Å². The Bertz CT molecular complexity index is 936. The van der Waals surface area contributed by atoms with Crippen LogP contribution in [0.2, 0.25) is 0 Å². The van der Waals surface area contributed by atoms with E-state index in [2.05, 4.69) is 10.5 Å². The third-order valence-corrected chi connectivity index (χ3v) is 5.97. The van der Waals surface area contributed by atoms with E-state index >= 15 is 0 Å². The fraction of sp³-hybridized carbons (Fsp3) is 0.524. The number of carbonyl (C=O) groups excluding carboxylic acids is 1. The topological polar surface area (TPSA) is 73.6 Å². The molecule has 2 aromatic rings. The Kier molecular flexibility index (Phi) is 5.77. The molecule has 3 rings (SSSR count). The van der Waals surface area contributed by atoms with Crippen LogP contribution in [0.5, 0.6) is 0 Å². The van der Waals surface area contributed by atoms with Crippen molar-refractivity contribution < 1.29 is 31.8 Å². The highest BCUT2D eigenvalue weighted by Gasteiger charge is 2.52. The van der Waals surface area contributed by atoms with Crippen molar-refractivity contribution >= 4 is 24.3 Å². The molecule has 1 aromatic carbocycles. The predicted octanol–water partition coefficient (Wildman–Crippen LogP) is 3.99. The van der Waals surface area contributed by atoms with Gasteiger partial charge in [-0.2, -0.15) is 13.2 Å². The quantitative estimate of drug-likeness (QED) is 0.715. The summed E-state index contributed by atoms with van der Waals surface area (Å²) in [4.78, 5) is 12.3. The first-order chi connectivity index (χ1) is 14.1. The van der Waals surface area contributed by atoms with Crippen LogP contribution in [0.3, 0.4) is 0 Å². The number of carbonyl (C=O) groups is 1. The monoisotopic (exact) mass is 438 g/mol. The van der Waals surface area contributed by atoms with Gasteiger partial charge in [-0.05, 0) is 52.6 Å². The van der Waals surface area contributed by atoms with E-state index in [1.54, 1.807) is 12.1 Å². The Morgan fingerprint density at radius 3 is 2.13 bits per heavy atom. The zero-order chi connectivity index (χ0) is 23.2. The van der Waals surface area contributed by atoms with Crippen LogP contribution >= 0.6 is 0 Å². The van der Waals surface area contributed by atoms with Crippen LogP contribution in [0.4, 0.5) is 19.0 Å². The van der Waals surface area contributed by atoms with E-state index in [-0.39, 0.29) is 18.0 Å². The van der Waals surface area contributed by atoms with E-state index in [0.717, 1.165) is 30.9 Å². The molecule has 1 amide bonds. The lowest BCUT2D eigenvalue weighted by molar-refractivity contribution is -0.185. The van der Waals surface area contributed by atoms with Gasteiger partial charge in [-0.25, -0.2) is 0 Å². The summed E-state index contributed by atoms with van der Waals surface area (Å²) in [5, 5.41) is 6.00. The van der Waals surface area contributed by atoms with E-state index in [9.17, 15) is 18.0 Å². The minimum Gasteiger partial charge on any atom is -0.399 e. The van der Waals surface area contributed by atoms with Crippen molar-refractivity contribution in [3.05, 3.63) is 41.7 Å². The van der Waals surface area contributed by atoms with Gasteiger partial charge in [0.05, 0.1) is 17.6 Å². The highest BCUT2D eigenvalue weighted by atomic mass is 19.4. The Labute approximate surface area is 179 Å². The number of nitrogens with one attached hydrogen (secondary N) is 1. The molecule has 1 fully saturated rings. The number of hydrogen-bond acceptors (Lipinski definition) is 5. The van der Waals surface area contributed by atoms with E-state index in [1.807, 2.05) is 39.8 Å². The Morgan fingerprint density at radius 1 is 1.06 bits per heavy atom. The van der Waals surface area contributed by atoms with E-state index in [0.29, 0.717) is 0 Å². The maximum atomic E-state index is 13.1. The number of anilines is 1. The first-order valence-electron chi connectivity index (χ1n) is 9.91. The number of benzene rings is 1. The average Bonchev–Trinajstić information content (AvgIpc) is 3.17. The molecule has 1 N–H and O–H groups in total. The molecular weight excluding hydrogens is 412 g/mol. The highest BCUT2D eigenvalue weighted by Crippen LogP contribution is 2.41. The number of amides is 1. The molecule has 0 radical (unpaired) electrons. The SMILES string of the molecule is CC1(C)OB(c2ccc(CC(=O)Nc3cc(C(C)(C)C(F)(F)F)on3)cc2)OC1(C)C. The summed E-state index contributed by atoms with van der Waals surface area (Å²) in [5.74, 6) is -0.860. The number of alkyl halides is 3. The van der Waals surface area contributed by atoms with Crippen molar-refractivity contribution in [3.63, 3.8) is 0 Å². The molecule has 0 bridgehead atoms. The number of aromatic nitrogens is 1. The van der Waals surface area contributed by atoms with Crippen molar-refractivity contribution in [2.24, 2.45) is 0 Å². The fourth-order valence-corrected chi connectivity index (χ4v) is 2.91. The largest absolute Gasteiger partial charge is 0.494 e. The Hall–Kier alpha value is -2.33. The van der Waals surface area contributed by atoms with Gasteiger partial charge in [-0.15, -0.1) is 0 Å². The summed E-state index contributed by atoms with van der Waals surface area (Å²) in [7, 11) is -0.501. The first kappa shape index (κ1) is 23.3. The second-order valence-electron chi connectivity index (χ2n) is 9.25. The van der Waals surface area contributed by atoms with Gasteiger partial charge in [-0.3, -0.25) is 4.79 Å². The standard InChI is InChI=1S/C21H26BF3N2O4/c1-18(2,21(23,24)25)15-12-16(27-29-15)26-17(28)11-13-7-9-14(10-8-13)22-30-19(3,4)20(5,6)31-22/h7-10,12H,11H2,1-6H3,(H,26,27,28). The highest BCUT2D eigenvalue weighted by molar-refractivity contribution is 6.62. The van der Waals surface area contributed by atoms with Crippen LogP contribution in [-0.2, 0) is 25.9 Å². The molecule has 1 saturated heterocycles.